The summed E-state index contributed by atoms with van der Waals surface area (Å²) >= 11 is 9.13. The highest BCUT2D eigenvalue weighted by atomic mass is 79.9. The Hall–Kier alpha value is -1.27. The molecule has 104 valence electrons. The molecule has 0 aliphatic rings. The predicted octanol–water partition coefficient (Wildman–Crippen LogP) is 3.20. The minimum absolute atomic E-state index is 0.0931. The Kier molecular flexibility index (Phi) is 6.11. The number of nitrogens with one attached hydrogen (secondary N) is 1. The van der Waals surface area contributed by atoms with Crippen LogP contribution in [-0.4, -0.2) is 17.0 Å². The number of hydrogen-bond acceptors (Lipinski definition) is 3. The van der Waals surface area contributed by atoms with Gasteiger partial charge in [0.25, 0.3) is 0 Å². The number of oxime groups is 1. The molecule has 1 amide bonds. The Bertz CT molecular complexity index is 494. The van der Waals surface area contributed by atoms with E-state index in [0.29, 0.717) is 21.6 Å². The minimum atomic E-state index is -0.655. The van der Waals surface area contributed by atoms with E-state index in [-0.39, 0.29) is 11.7 Å². The topological polar surface area (TPSA) is 87.7 Å². The van der Waals surface area contributed by atoms with E-state index in [1.54, 1.807) is 18.2 Å². The van der Waals surface area contributed by atoms with Crippen LogP contribution >= 0.6 is 27.5 Å². The van der Waals surface area contributed by atoms with Gasteiger partial charge in [-0.3, -0.25) is 4.79 Å². The van der Waals surface area contributed by atoms with Crippen molar-refractivity contribution in [2.24, 2.45) is 16.8 Å². The van der Waals surface area contributed by atoms with E-state index >= 15 is 0 Å². The quantitative estimate of drug-likeness (QED) is 0.330. The molecule has 19 heavy (non-hydrogen) atoms. The lowest BCUT2D eigenvalue weighted by atomic mass is 10.0. The summed E-state index contributed by atoms with van der Waals surface area (Å²) in [4.78, 5) is 12.1. The van der Waals surface area contributed by atoms with Gasteiger partial charge in [0.2, 0.25) is 5.91 Å². The summed E-state index contributed by atoms with van der Waals surface area (Å²) in [6.07, 6.45) is 1.25. The van der Waals surface area contributed by atoms with Gasteiger partial charge in [-0.1, -0.05) is 30.1 Å². The standard InChI is InChI=1S/C12H15BrClN3O2/c1-2-3-8(11(15)17-19)12(18)16-10-5-4-7(14)6-9(10)13/h4-6,8,19H,2-3H2,1H3,(H2,15,17)(H,16,18). The molecule has 0 fully saturated rings. The molecule has 1 atom stereocenters. The molecule has 5 nitrogen and oxygen atoms in total. The fourth-order valence-electron chi connectivity index (χ4n) is 1.58. The number of amidine groups is 1. The van der Waals surface area contributed by atoms with Gasteiger partial charge in [-0.25, -0.2) is 0 Å². The largest absolute Gasteiger partial charge is 0.409 e. The summed E-state index contributed by atoms with van der Waals surface area (Å²) in [5, 5.41) is 14.9. The van der Waals surface area contributed by atoms with Gasteiger partial charge in [0, 0.05) is 9.50 Å². The molecular weight excluding hydrogens is 334 g/mol. The first kappa shape index (κ1) is 15.8. The first-order valence-corrected chi connectivity index (χ1v) is 6.90. The van der Waals surface area contributed by atoms with Gasteiger partial charge >= 0.3 is 0 Å². The number of nitrogens with zero attached hydrogens (tertiary/aromatic N) is 1. The summed E-state index contributed by atoms with van der Waals surface area (Å²) in [5.74, 6) is -1.07. The number of benzene rings is 1. The van der Waals surface area contributed by atoms with Crippen molar-refractivity contribution in [2.45, 2.75) is 19.8 Å². The van der Waals surface area contributed by atoms with Crippen molar-refractivity contribution < 1.29 is 10.0 Å². The van der Waals surface area contributed by atoms with Crippen LogP contribution in [0.4, 0.5) is 5.69 Å². The van der Waals surface area contributed by atoms with Gasteiger partial charge in [0.05, 0.1) is 11.6 Å². The number of anilines is 1. The number of carbonyl (C=O) groups excluding carboxylic acids is 1. The monoisotopic (exact) mass is 347 g/mol. The lowest BCUT2D eigenvalue weighted by molar-refractivity contribution is -0.118. The van der Waals surface area contributed by atoms with Crippen LogP contribution in [0.5, 0.6) is 0 Å². The lowest BCUT2D eigenvalue weighted by Gasteiger charge is -2.15. The van der Waals surface area contributed by atoms with Crippen molar-refractivity contribution in [3.05, 3.63) is 27.7 Å². The molecule has 0 aliphatic carbocycles. The summed E-state index contributed by atoms with van der Waals surface area (Å²) in [6, 6.07) is 5.02. The normalized spacial score (nSPS) is 13.1. The molecule has 7 heteroatoms. The van der Waals surface area contributed by atoms with Crippen molar-refractivity contribution >= 4 is 45.0 Å². The average molecular weight is 349 g/mol. The fourth-order valence-corrected chi connectivity index (χ4v) is 2.36. The molecule has 0 aromatic heterocycles. The van der Waals surface area contributed by atoms with Gasteiger partial charge in [0.15, 0.2) is 5.84 Å². The zero-order chi connectivity index (χ0) is 14.4. The summed E-state index contributed by atoms with van der Waals surface area (Å²) in [5.41, 5.74) is 6.11. The van der Waals surface area contributed by atoms with Crippen molar-refractivity contribution in [3.63, 3.8) is 0 Å². The third kappa shape index (κ3) is 4.40. The van der Waals surface area contributed by atoms with E-state index in [0.717, 1.165) is 6.42 Å². The molecule has 0 bridgehead atoms. The molecule has 1 aromatic rings. The molecule has 0 radical (unpaired) electrons. The van der Waals surface area contributed by atoms with Crippen LogP contribution < -0.4 is 11.1 Å². The molecule has 1 aromatic carbocycles. The fraction of sp³-hybridized carbons (Fsp3) is 0.333. The van der Waals surface area contributed by atoms with Crippen molar-refractivity contribution in [2.75, 3.05) is 5.32 Å². The Morgan fingerprint density at radius 2 is 2.32 bits per heavy atom. The number of rotatable bonds is 5. The van der Waals surface area contributed by atoms with Gasteiger partial charge in [0.1, 0.15) is 0 Å². The minimum Gasteiger partial charge on any atom is -0.409 e. The summed E-state index contributed by atoms with van der Waals surface area (Å²) in [6.45, 7) is 1.92. The van der Waals surface area contributed by atoms with Crippen molar-refractivity contribution in [1.29, 1.82) is 0 Å². The third-order valence-corrected chi connectivity index (χ3v) is 3.45. The second-order valence-electron chi connectivity index (χ2n) is 3.98. The van der Waals surface area contributed by atoms with E-state index < -0.39 is 5.92 Å². The van der Waals surface area contributed by atoms with Crippen molar-refractivity contribution in [1.82, 2.24) is 0 Å². The average Bonchev–Trinajstić information content (AvgIpc) is 2.38. The maximum absolute atomic E-state index is 12.1. The van der Waals surface area contributed by atoms with Gasteiger partial charge in [-0.2, -0.15) is 0 Å². The Morgan fingerprint density at radius 1 is 1.63 bits per heavy atom. The molecule has 0 saturated heterocycles. The molecule has 4 N–H and O–H groups in total. The maximum Gasteiger partial charge on any atom is 0.235 e. The molecule has 1 unspecified atom stereocenters. The lowest BCUT2D eigenvalue weighted by Crippen LogP contribution is -2.34. The van der Waals surface area contributed by atoms with E-state index in [1.165, 1.54) is 0 Å². The highest BCUT2D eigenvalue weighted by molar-refractivity contribution is 9.10. The van der Waals surface area contributed by atoms with Gasteiger partial charge in [-0.05, 0) is 40.5 Å². The smallest absolute Gasteiger partial charge is 0.235 e. The van der Waals surface area contributed by atoms with Crippen LogP contribution in [0.2, 0.25) is 5.02 Å². The zero-order valence-electron chi connectivity index (χ0n) is 10.4. The predicted molar refractivity (Wildman–Crippen MR) is 79.6 cm³/mol. The highest BCUT2D eigenvalue weighted by Gasteiger charge is 2.22. The summed E-state index contributed by atoms with van der Waals surface area (Å²) < 4.78 is 0.670. The Labute approximate surface area is 124 Å². The molecule has 0 saturated carbocycles. The second kappa shape index (κ2) is 7.35. The molecular formula is C12H15BrClN3O2. The molecule has 0 heterocycles. The Morgan fingerprint density at radius 3 is 2.84 bits per heavy atom. The van der Waals surface area contributed by atoms with Crippen LogP contribution in [0.3, 0.4) is 0 Å². The number of amides is 1. The van der Waals surface area contributed by atoms with E-state index in [2.05, 4.69) is 26.4 Å². The van der Waals surface area contributed by atoms with Crippen LogP contribution in [0.25, 0.3) is 0 Å². The van der Waals surface area contributed by atoms with Crippen LogP contribution in [0.1, 0.15) is 19.8 Å². The highest BCUT2D eigenvalue weighted by Crippen LogP contribution is 2.26. The van der Waals surface area contributed by atoms with Crippen molar-refractivity contribution in [3.8, 4) is 0 Å². The SMILES string of the molecule is CCCC(C(=O)Nc1ccc(Cl)cc1Br)/C(N)=N/O. The van der Waals surface area contributed by atoms with Crippen LogP contribution in [0.15, 0.2) is 27.8 Å². The van der Waals surface area contributed by atoms with Crippen LogP contribution in [-0.2, 0) is 4.79 Å². The first-order valence-electron chi connectivity index (χ1n) is 5.73. The molecule has 0 spiro atoms. The van der Waals surface area contributed by atoms with E-state index in [1.807, 2.05) is 6.92 Å². The Balaban J connectivity index is 2.87. The third-order valence-electron chi connectivity index (χ3n) is 2.56. The van der Waals surface area contributed by atoms with E-state index in [9.17, 15) is 4.79 Å². The number of carbonyl (C=O) groups is 1. The number of hydrogen-bond donors (Lipinski definition) is 3. The molecule has 0 aliphatic heterocycles. The first-order chi connectivity index (χ1) is 8.99. The number of nitrogens with two attached hydrogens (primary N) is 1. The van der Waals surface area contributed by atoms with E-state index in [4.69, 9.17) is 22.5 Å². The second-order valence-corrected chi connectivity index (χ2v) is 5.27. The van der Waals surface area contributed by atoms with Gasteiger partial charge in [-0.15, -0.1) is 0 Å². The maximum atomic E-state index is 12.1. The number of halogens is 2. The molecule has 1 rings (SSSR count). The van der Waals surface area contributed by atoms with Crippen LogP contribution in [0, 0.1) is 5.92 Å². The van der Waals surface area contributed by atoms with Gasteiger partial charge < -0.3 is 16.3 Å². The summed E-state index contributed by atoms with van der Waals surface area (Å²) in [7, 11) is 0. The zero-order valence-corrected chi connectivity index (χ0v) is 12.7.